The fraction of sp³-hybridized carbons (Fsp3) is 0.261. The van der Waals surface area contributed by atoms with Crippen LogP contribution in [0.1, 0.15) is 38.9 Å². The number of benzene rings is 1. The van der Waals surface area contributed by atoms with Crippen LogP contribution in [0, 0.1) is 18.3 Å². The summed E-state index contributed by atoms with van der Waals surface area (Å²) in [5, 5.41) is 19.5. The standard InChI is InChI=1S/C23H21ClN6O4/c1-3-26-22(31)16-8-14(10-25)7-13(2)20(16)28-23(32)18-9-19(34-15-11-33-12-15)29-30(18)21-17(24)5-4-6-27-21/h4-9,15H,3,11-12H2,1-2H3,(H,26,31)(H,28,32). The van der Waals surface area contributed by atoms with Crippen molar-refractivity contribution in [3.05, 3.63) is 63.9 Å². The summed E-state index contributed by atoms with van der Waals surface area (Å²) in [5.74, 6) is -0.518. The molecule has 3 aromatic rings. The van der Waals surface area contributed by atoms with Crippen LogP contribution in [-0.4, -0.2) is 52.4 Å². The van der Waals surface area contributed by atoms with Gasteiger partial charge in [0.2, 0.25) is 5.88 Å². The molecule has 2 aromatic heterocycles. The first-order chi connectivity index (χ1) is 16.4. The third kappa shape index (κ3) is 4.71. The fourth-order valence-corrected chi connectivity index (χ4v) is 3.56. The van der Waals surface area contributed by atoms with E-state index in [0.29, 0.717) is 30.9 Å². The summed E-state index contributed by atoms with van der Waals surface area (Å²) in [6, 6.07) is 9.83. The maximum Gasteiger partial charge on any atom is 0.274 e. The molecule has 1 fully saturated rings. The van der Waals surface area contributed by atoms with Gasteiger partial charge in [-0.3, -0.25) is 9.59 Å². The maximum atomic E-state index is 13.4. The summed E-state index contributed by atoms with van der Waals surface area (Å²) in [4.78, 5) is 30.3. The number of anilines is 1. The first-order valence-electron chi connectivity index (χ1n) is 10.5. The van der Waals surface area contributed by atoms with Crippen LogP contribution in [0.5, 0.6) is 5.88 Å². The molecule has 1 aliphatic heterocycles. The van der Waals surface area contributed by atoms with Crippen LogP contribution in [0.25, 0.3) is 5.82 Å². The number of carbonyl (C=O) groups excluding carboxylic acids is 2. The highest BCUT2D eigenvalue weighted by Crippen LogP contribution is 2.27. The van der Waals surface area contributed by atoms with Gasteiger partial charge in [-0.15, -0.1) is 5.10 Å². The molecule has 0 saturated carbocycles. The van der Waals surface area contributed by atoms with Crippen molar-refractivity contribution < 1.29 is 19.1 Å². The molecule has 0 radical (unpaired) electrons. The normalized spacial score (nSPS) is 13.0. The molecular weight excluding hydrogens is 460 g/mol. The molecule has 1 aromatic carbocycles. The van der Waals surface area contributed by atoms with Gasteiger partial charge in [0.25, 0.3) is 11.8 Å². The predicted octanol–water partition coefficient (Wildman–Crippen LogP) is 2.88. The smallest absolute Gasteiger partial charge is 0.274 e. The van der Waals surface area contributed by atoms with Gasteiger partial charge >= 0.3 is 0 Å². The predicted molar refractivity (Wildman–Crippen MR) is 123 cm³/mol. The zero-order valence-electron chi connectivity index (χ0n) is 18.5. The van der Waals surface area contributed by atoms with E-state index in [2.05, 4.69) is 20.7 Å². The number of nitriles is 1. The topological polar surface area (TPSA) is 131 Å². The largest absolute Gasteiger partial charge is 0.468 e. The van der Waals surface area contributed by atoms with Gasteiger partial charge < -0.3 is 20.1 Å². The van der Waals surface area contributed by atoms with Crippen molar-refractivity contribution in [1.82, 2.24) is 20.1 Å². The van der Waals surface area contributed by atoms with E-state index in [1.54, 1.807) is 32.0 Å². The van der Waals surface area contributed by atoms with Crippen molar-refractivity contribution in [2.75, 3.05) is 25.1 Å². The second-order valence-corrected chi connectivity index (χ2v) is 7.91. The van der Waals surface area contributed by atoms with Crippen LogP contribution in [0.15, 0.2) is 36.5 Å². The van der Waals surface area contributed by atoms with E-state index in [1.807, 2.05) is 6.07 Å². The van der Waals surface area contributed by atoms with Gasteiger partial charge in [0, 0.05) is 18.8 Å². The van der Waals surface area contributed by atoms with Gasteiger partial charge in [-0.05, 0) is 43.7 Å². The third-order valence-electron chi connectivity index (χ3n) is 5.04. The lowest BCUT2D eigenvalue weighted by molar-refractivity contribution is -0.0814. The van der Waals surface area contributed by atoms with E-state index in [1.165, 1.54) is 23.0 Å². The number of ether oxygens (including phenoxy) is 2. The van der Waals surface area contributed by atoms with E-state index >= 15 is 0 Å². The quantitative estimate of drug-likeness (QED) is 0.531. The fourth-order valence-electron chi connectivity index (χ4n) is 3.36. The number of hydrogen-bond donors (Lipinski definition) is 2. The first-order valence-corrected chi connectivity index (χ1v) is 10.9. The van der Waals surface area contributed by atoms with Crippen LogP contribution in [-0.2, 0) is 4.74 Å². The average Bonchev–Trinajstić information content (AvgIpc) is 3.21. The van der Waals surface area contributed by atoms with E-state index in [-0.39, 0.29) is 39.8 Å². The van der Waals surface area contributed by atoms with Gasteiger partial charge in [0.1, 0.15) is 11.8 Å². The van der Waals surface area contributed by atoms with Crippen LogP contribution < -0.4 is 15.4 Å². The molecule has 10 nitrogen and oxygen atoms in total. The molecule has 174 valence electrons. The number of aryl methyl sites for hydroxylation is 1. The highest BCUT2D eigenvalue weighted by molar-refractivity contribution is 6.32. The Morgan fingerprint density at radius 2 is 2.12 bits per heavy atom. The molecule has 1 aliphatic rings. The van der Waals surface area contributed by atoms with Crippen LogP contribution in [0.2, 0.25) is 5.02 Å². The van der Waals surface area contributed by atoms with Crippen LogP contribution in [0.4, 0.5) is 5.69 Å². The van der Waals surface area contributed by atoms with Crippen molar-refractivity contribution >= 4 is 29.1 Å². The molecule has 3 heterocycles. The molecule has 0 aliphatic carbocycles. The minimum atomic E-state index is -0.563. The Balaban J connectivity index is 1.74. The molecule has 2 amide bonds. The number of pyridine rings is 1. The monoisotopic (exact) mass is 480 g/mol. The average molecular weight is 481 g/mol. The number of amides is 2. The van der Waals surface area contributed by atoms with Gasteiger partial charge in [-0.25, -0.2) is 9.67 Å². The molecule has 34 heavy (non-hydrogen) atoms. The Morgan fingerprint density at radius 3 is 2.76 bits per heavy atom. The number of carbonyl (C=O) groups is 2. The molecule has 0 unspecified atom stereocenters. The van der Waals surface area contributed by atoms with E-state index in [4.69, 9.17) is 21.1 Å². The summed E-state index contributed by atoms with van der Waals surface area (Å²) in [6.07, 6.45) is 1.37. The van der Waals surface area contributed by atoms with Crippen molar-refractivity contribution in [3.63, 3.8) is 0 Å². The Kier molecular flexibility index (Phi) is 6.77. The summed E-state index contributed by atoms with van der Waals surface area (Å²) >= 11 is 6.31. The van der Waals surface area contributed by atoms with Crippen molar-refractivity contribution in [2.45, 2.75) is 20.0 Å². The van der Waals surface area contributed by atoms with Crippen LogP contribution in [0.3, 0.4) is 0 Å². The summed E-state index contributed by atoms with van der Waals surface area (Å²) in [6.45, 7) is 4.73. The van der Waals surface area contributed by atoms with Crippen molar-refractivity contribution in [3.8, 4) is 17.8 Å². The van der Waals surface area contributed by atoms with Gasteiger partial charge in [0.15, 0.2) is 5.82 Å². The Hall–Kier alpha value is -3.94. The van der Waals surface area contributed by atoms with Gasteiger partial charge in [0.05, 0.1) is 41.1 Å². The molecule has 2 N–H and O–H groups in total. The molecule has 0 spiro atoms. The van der Waals surface area contributed by atoms with Crippen molar-refractivity contribution in [1.29, 1.82) is 5.26 Å². The number of rotatable bonds is 7. The zero-order chi connectivity index (χ0) is 24.2. The lowest BCUT2D eigenvalue weighted by Gasteiger charge is -2.25. The summed E-state index contributed by atoms with van der Waals surface area (Å²) in [5.41, 5.74) is 1.42. The number of aromatic nitrogens is 3. The Morgan fingerprint density at radius 1 is 1.32 bits per heavy atom. The maximum absolute atomic E-state index is 13.4. The molecule has 11 heteroatoms. The molecule has 0 atom stereocenters. The molecule has 0 bridgehead atoms. The van der Waals surface area contributed by atoms with E-state index in [9.17, 15) is 14.9 Å². The second-order valence-electron chi connectivity index (χ2n) is 7.51. The highest BCUT2D eigenvalue weighted by Gasteiger charge is 2.26. The molecular formula is C23H21ClN6O4. The van der Waals surface area contributed by atoms with Gasteiger partial charge in [-0.2, -0.15) is 5.26 Å². The van der Waals surface area contributed by atoms with Crippen molar-refractivity contribution in [2.24, 2.45) is 0 Å². The second kappa shape index (κ2) is 9.91. The number of nitrogens with one attached hydrogen (secondary N) is 2. The van der Waals surface area contributed by atoms with E-state index in [0.717, 1.165) is 0 Å². The van der Waals surface area contributed by atoms with E-state index < -0.39 is 11.8 Å². The Bertz CT molecular complexity index is 1300. The SMILES string of the molecule is CCNC(=O)c1cc(C#N)cc(C)c1NC(=O)c1cc(OC2COC2)nn1-c1ncccc1Cl. The highest BCUT2D eigenvalue weighted by atomic mass is 35.5. The Labute approximate surface area is 200 Å². The number of hydrogen-bond acceptors (Lipinski definition) is 7. The first kappa shape index (κ1) is 23.2. The summed E-state index contributed by atoms with van der Waals surface area (Å²) < 4.78 is 12.2. The number of nitrogens with zero attached hydrogens (tertiary/aromatic N) is 4. The number of halogens is 1. The minimum Gasteiger partial charge on any atom is -0.468 e. The van der Waals surface area contributed by atoms with Crippen LogP contribution >= 0.6 is 11.6 Å². The molecule has 4 rings (SSSR count). The zero-order valence-corrected chi connectivity index (χ0v) is 19.2. The van der Waals surface area contributed by atoms with Gasteiger partial charge in [-0.1, -0.05) is 11.6 Å². The third-order valence-corrected chi connectivity index (χ3v) is 5.33. The lowest BCUT2D eigenvalue weighted by atomic mass is 10.0. The lowest BCUT2D eigenvalue weighted by Crippen LogP contribution is -2.38. The summed E-state index contributed by atoms with van der Waals surface area (Å²) in [7, 11) is 0. The minimum absolute atomic E-state index is 0.0986. The molecule has 1 saturated heterocycles.